The lowest BCUT2D eigenvalue weighted by Crippen LogP contribution is -2.28. The lowest BCUT2D eigenvalue weighted by molar-refractivity contribution is -0.131. The molecule has 3 heteroatoms. The smallest absolute Gasteiger partial charge is 0.328 e. The van der Waals surface area contributed by atoms with Crippen LogP contribution in [-0.2, 0) is 4.79 Å². The van der Waals surface area contributed by atoms with E-state index in [2.05, 4.69) is 38.2 Å². The SMILES string of the molecule is Cc1cc(C)c(/C(=C/C(=O)O)C2CCNCC2)cc1C. The van der Waals surface area contributed by atoms with Crippen LogP contribution in [0.4, 0.5) is 0 Å². The van der Waals surface area contributed by atoms with Crippen molar-refractivity contribution in [3.8, 4) is 0 Å². The maximum Gasteiger partial charge on any atom is 0.328 e. The Hall–Kier alpha value is -1.61. The van der Waals surface area contributed by atoms with E-state index >= 15 is 0 Å². The summed E-state index contributed by atoms with van der Waals surface area (Å²) in [5, 5.41) is 12.5. The molecule has 2 rings (SSSR count). The van der Waals surface area contributed by atoms with Crippen LogP contribution in [0.5, 0.6) is 0 Å². The Morgan fingerprint density at radius 3 is 2.35 bits per heavy atom. The molecule has 3 nitrogen and oxygen atoms in total. The highest BCUT2D eigenvalue weighted by molar-refractivity contribution is 5.91. The summed E-state index contributed by atoms with van der Waals surface area (Å²) in [5.74, 6) is -0.510. The summed E-state index contributed by atoms with van der Waals surface area (Å²) < 4.78 is 0. The Morgan fingerprint density at radius 2 is 1.75 bits per heavy atom. The molecule has 108 valence electrons. The van der Waals surface area contributed by atoms with Crippen molar-refractivity contribution in [3.05, 3.63) is 40.5 Å². The fourth-order valence-corrected chi connectivity index (χ4v) is 2.95. The second kappa shape index (κ2) is 6.23. The summed E-state index contributed by atoms with van der Waals surface area (Å²) in [7, 11) is 0. The van der Waals surface area contributed by atoms with E-state index < -0.39 is 5.97 Å². The zero-order valence-corrected chi connectivity index (χ0v) is 12.5. The highest BCUT2D eigenvalue weighted by atomic mass is 16.4. The predicted octanol–water partition coefficient (Wildman–Crippen LogP) is 3.08. The number of carboxylic acid groups (broad SMARTS) is 1. The molecule has 0 aromatic heterocycles. The van der Waals surface area contributed by atoms with E-state index in [9.17, 15) is 9.90 Å². The fourth-order valence-electron chi connectivity index (χ4n) is 2.95. The second-order valence-corrected chi connectivity index (χ2v) is 5.71. The minimum atomic E-state index is -0.851. The lowest BCUT2D eigenvalue weighted by atomic mass is 9.82. The minimum Gasteiger partial charge on any atom is -0.478 e. The van der Waals surface area contributed by atoms with Gasteiger partial charge in [0.2, 0.25) is 0 Å². The van der Waals surface area contributed by atoms with Crippen LogP contribution in [0.2, 0.25) is 0 Å². The van der Waals surface area contributed by atoms with Gasteiger partial charge in [0.15, 0.2) is 0 Å². The van der Waals surface area contributed by atoms with Crippen molar-refractivity contribution in [2.45, 2.75) is 33.6 Å². The van der Waals surface area contributed by atoms with E-state index in [-0.39, 0.29) is 0 Å². The molecule has 1 aliphatic rings. The zero-order valence-electron chi connectivity index (χ0n) is 12.5. The van der Waals surface area contributed by atoms with Gasteiger partial charge in [-0.25, -0.2) is 4.79 Å². The molecule has 0 spiro atoms. The number of carboxylic acids is 1. The van der Waals surface area contributed by atoms with Crippen molar-refractivity contribution in [3.63, 3.8) is 0 Å². The monoisotopic (exact) mass is 273 g/mol. The summed E-state index contributed by atoms with van der Waals surface area (Å²) in [5.41, 5.74) is 5.73. The van der Waals surface area contributed by atoms with Gasteiger partial charge < -0.3 is 10.4 Å². The Balaban J connectivity index is 2.46. The fraction of sp³-hybridized carbons (Fsp3) is 0.471. The summed E-state index contributed by atoms with van der Waals surface area (Å²) in [4.78, 5) is 11.2. The van der Waals surface area contributed by atoms with Crippen molar-refractivity contribution >= 4 is 11.5 Å². The van der Waals surface area contributed by atoms with Crippen LogP contribution >= 0.6 is 0 Å². The number of nitrogens with one attached hydrogen (secondary N) is 1. The van der Waals surface area contributed by atoms with Gasteiger partial charge in [0, 0.05) is 6.08 Å². The molecule has 20 heavy (non-hydrogen) atoms. The van der Waals surface area contributed by atoms with Crippen molar-refractivity contribution in [1.29, 1.82) is 0 Å². The largest absolute Gasteiger partial charge is 0.478 e. The molecule has 0 radical (unpaired) electrons. The molecule has 0 unspecified atom stereocenters. The number of aliphatic carboxylic acids is 1. The summed E-state index contributed by atoms with van der Waals surface area (Å²) >= 11 is 0. The Kier molecular flexibility index (Phi) is 4.61. The molecule has 1 aliphatic heterocycles. The summed E-state index contributed by atoms with van der Waals surface area (Å²) in [6.07, 6.45) is 3.42. The minimum absolute atomic E-state index is 0.341. The van der Waals surface area contributed by atoms with Gasteiger partial charge in [0.1, 0.15) is 0 Å². The molecule has 1 heterocycles. The first-order chi connectivity index (χ1) is 9.49. The molecule has 1 fully saturated rings. The third-order valence-corrected chi connectivity index (χ3v) is 4.21. The van der Waals surface area contributed by atoms with E-state index in [1.807, 2.05) is 0 Å². The predicted molar refractivity (Wildman–Crippen MR) is 81.9 cm³/mol. The summed E-state index contributed by atoms with van der Waals surface area (Å²) in [6, 6.07) is 4.29. The van der Waals surface area contributed by atoms with Gasteiger partial charge in [0.25, 0.3) is 0 Å². The number of carbonyl (C=O) groups is 1. The normalized spacial score (nSPS) is 17.2. The van der Waals surface area contributed by atoms with E-state index in [0.29, 0.717) is 5.92 Å². The number of piperidine rings is 1. The molecular formula is C17H23NO2. The molecule has 0 bridgehead atoms. The van der Waals surface area contributed by atoms with Gasteiger partial charge in [-0.15, -0.1) is 0 Å². The maximum atomic E-state index is 11.2. The van der Waals surface area contributed by atoms with Crippen LogP contribution in [0.3, 0.4) is 0 Å². The molecule has 2 N–H and O–H groups in total. The van der Waals surface area contributed by atoms with Crippen molar-refractivity contribution in [1.82, 2.24) is 5.32 Å². The van der Waals surface area contributed by atoms with Gasteiger partial charge in [-0.2, -0.15) is 0 Å². The molecular weight excluding hydrogens is 250 g/mol. The first kappa shape index (κ1) is 14.8. The molecule has 1 aromatic carbocycles. The van der Waals surface area contributed by atoms with Crippen LogP contribution in [0.25, 0.3) is 5.57 Å². The number of hydrogen-bond donors (Lipinski definition) is 2. The van der Waals surface area contributed by atoms with Crippen molar-refractivity contribution in [2.75, 3.05) is 13.1 Å². The van der Waals surface area contributed by atoms with Crippen LogP contribution in [-0.4, -0.2) is 24.2 Å². The Labute approximate surface area is 120 Å². The van der Waals surface area contributed by atoms with Gasteiger partial charge >= 0.3 is 5.97 Å². The van der Waals surface area contributed by atoms with Crippen molar-refractivity contribution in [2.24, 2.45) is 5.92 Å². The standard InChI is InChI=1S/C17H23NO2/c1-11-8-13(3)15(9-12(11)2)16(10-17(19)20)14-4-6-18-7-5-14/h8-10,14,18H,4-7H2,1-3H3,(H,19,20)/b16-10+. The molecule has 0 saturated carbocycles. The third kappa shape index (κ3) is 3.28. The molecule has 0 aliphatic carbocycles. The second-order valence-electron chi connectivity index (χ2n) is 5.71. The van der Waals surface area contributed by atoms with Crippen molar-refractivity contribution < 1.29 is 9.90 Å². The molecule has 0 amide bonds. The lowest BCUT2D eigenvalue weighted by Gasteiger charge is -2.26. The number of hydrogen-bond acceptors (Lipinski definition) is 2. The maximum absolute atomic E-state index is 11.2. The van der Waals surface area contributed by atoms with Gasteiger partial charge in [-0.1, -0.05) is 12.1 Å². The quantitative estimate of drug-likeness (QED) is 0.832. The Morgan fingerprint density at radius 1 is 1.15 bits per heavy atom. The number of aryl methyl sites for hydroxylation is 3. The Bertz CT molecular complexity index is 540. The highest BCUT2D eigenvalue weighted by Gasteiger charge is 2.21. The average molecular weight is 273 g/mol. The topological polar surface area (TPSA) is 49.3 Å². The third-order valence-electron chi connectivity index (χ3n) is 4.21. The van der Waals surface area contributed by atoms with Crippen LogP contribution in [0.15, 0.2) is 18.2 Å². The number of rotatable bonds is 3. The van der Waals surface area contributed by atoms with Gasteiger partial charge in [-0.05, 0) is 80.4 Å². The van der Waals surface area contributed by atoms with E-state index in [1.54, 1.807) is 0 Å². The summed E-state index contributed by atoms with van der Waals surface area (Å²) in [6.45, 7) is 8.17. The van der Waals surface area contributed by atoms with Crippen LogP contribution < -0.4 is 5.32 Å². The average Bonchev–Trinajstić information content (AvgIpc) is 2.41. The van der Waals surface area contributed by atoms with Gasteiger partial charge in [0.05, 0.1) is 0 Å². The van der Waals surface area contributed by atoms with E-state index in [1.165, 1.54) is 22.8 Å². The zero-order chi connectivity index (χ0) is 14.7. The molecule has 0 atom stereocenters. The first-order valence-electron chi connectivity index (χ1n) is 7.22. The van der Waals surface area contributed by atoms with Crippen LogP contribution in [0.1, 0.15) is 35.1 Å². The van der Waals surface area contributed by atoms with Gasteiger partial charge in [-0.3, -0.25) is 0 Å². The highest BCUT2D eigenvalue weighted by Crippen LogP contribution is 2.33. The number of benzene rings is 1. The number of allylic oxidation sites excluding steroid dienone is 1. The van der Waals surface area contributed by atoms with E-state index in [0.717, 1.165) is 37.1 Å². The van der Waals surface area contributed by atoms with E-state index in [4.69, 9.17) is 0 Å². The molecule has 1 saturated heterocycles. The molecule has 1 aromatic rings. The van der Waals surface area contributed by atoms with Crippen LogP contribution in [0, 0.1) is 26.7 Å². The first-order valence-corrected chi connectivity index (χ1v) is 7.22.